The number of hydrogen-bond donors (Lipinski definition) is 2. The molecule has 0 amide bonds. The van der Waals surface area contributed by atoms with Crippen molar-refractivity contribution in [1.29, 1.82) is 0 Å². The molecule has 0 aliphatic heterocycles. The topological polar surface area (TPSA) is 72.2 Å². The van der Waals surface area contributed by atoms with E-state index >= 15 is 0 Å². The third-order valence-electron chi connectivity index (χ3n) is 3.07. The molecule has 0 aliphatic rings. The van der Waals surface area contributed by atoms with Gasteiger partial charge in [-0.15, -0.1) is 0 Å². The number of hydrogen-bond acceptors (Lipinski definition) is 3. The molecule has 0 saturated heterocycles. The van der Waals surface area contributed by atoms with E-state index in [2.05, 4.69) is 4.72 Å². The average molecular weight is 308 g/mol. The van der Waals surface area contributed by atoms with Crippen LogP contribution in [0.3, 0.4) is 0 Å². The van der Waals surface area contributed by atoms with E-state index in [-0.39, 0.29) is 16.5 Å². The first-order valence-corrected chi connectivity index (χ1v) is 7.96. The van der Waals surface area contributed by atoms with Crippen molar-refractivity contribution in [2.75, 3.05) is 10.5 Å². The van der Waals surface area contributed by atoms with Gasteiger partial charge < -0.3 is 5.73 Å². The highest BCUT2D eigenvalue weighted by Crippen LogP contribution is 2.24. The van der Waals surface area contributed by atoms with Crippen LogP contribution in [0.15, 0.2) is 47.4 Å². The number of benzene rings is 2. The molecular weight excluding hydrogens is 291 g/mol. The average Bonchev–Trinajstić information content (AvgIpc) is 2.37. The zero-order chi connectivity index (χ0) is 15.6. The third kappa shape index (κ3) is 3.52. The lowest BCUT2D eigenvalue weighted by Crippen LogP contribution is -2.15. The monoisotopic (exact) mass is 308 g/mol. The van der Waals surface area contributed by atoms with Crippen molar-refractivity contribution >= 4 is 21.4 Å². The Kier molecular flexibility index (Phi) is 4.18. The smallest absolute Gasteiger partial charge is 0.263 e. The van der Waals surface area contributed by atoms with E-state index in [9.17, 15) is 12.8 Å². The molecule has 0 spiro atoms. The Morgan fingerprint density at radius 3 is 2.48 bits per heavy atom. The van der Waals surface area contributed by atoms with Crippen molar-refractivity contribution in [2.45, 2.75) is 24.7 Å². The van der Waals surface area contributed by atoms with Gasteiger partial charge in [0, 0.05) is 5.69 Å². The molecule has 4 nitrogen and oxygen atoms in total. The van der Waals surface area contributed by atoms with E-state index in [1.54, 1.807) is 18.2 Å². The summed E-state index contributed by atoms with van der Waals surface area (Å²) in [5, 5.41) is 0. The Morgan fingerprint density at radius 1 is 1.14 bits per heavy atom. The second kappa shape index (κ2) is 5.73. The van der Waals surface area contributed by atoms with Crippen LogP contribution < -0.4 is 10.5 Å². The molecule has 0 aromatic heterocycles. The summed E-state index contributed by atoms with van der Waals surface area (Å²) in [6.45, 7) is 4.04. The fourth-order valence-electron chi connectivity index (χ4n) is 1.94. The van der Waals surface area contributed by atoms with Gasteiger partial charge in [0.15, 0.2) is 0 Å². The highest BCUT2D eigenvalue weighted by atomic mass is 32.2. The minimum atomic E-state index is -3.84. The zero-order valence-electron chi connectivity index (χ0n) is 11.8. The van der Waals surface area contributed by atoms with Crippen molar-refractivity contribution in [2.24, 2.45) is 0 Å². The van der Waals surface area contributed by atoms with E-state index < -0.39 is 15.8 Å². The van der Waals surface area contributed by atoms with E-state index in [1.165, 1.54) is 0 Å². The molecule has 2 aromatic carbocycles. The molecule has 0 radical (unpaired) electrons. The second-order valence-corrected chi connectivity index (χ2v) is 6.72. The van der Waals surface area contributed by atoms with Crippen LogP contribution in [-0.4, -0.2) is 8.42 Å². The number of halogens is 1. The Bertz CT molecular complexity index is 758. The van der Waals surface area contributed by atoms with Crippen LogP contribution in [0, 0.1) is 5.82 Å². The third-order valence-corrected chi connectivity index (χ3v) is 4.52. The largest absolute Gasteiger partial charge is 0.398 e. The summed E-state index contributed by atoms with van der Waals surface area (Å²) in [4.78, 5) is -0.140. The quantitative estimate of drug-likeness (QED) is 0.851. The first kappa shape index (κ1) is 15.3. The number of nitrogens with two attached hydrogens (primary N) is 1. The van der Waals surface area contributed by atoms with Crippen LogP contribution >= 0.6 is 0 Å². The molecule has 2 rings (SSSR count). The Labute approximate surface area is 123 Å². The van der Waals surface area contributed by atoms with Gasteiger partial charge in [0.2, 0.25) is 0 Å². The maximum atomic E-state index is 13.0. The molecule has 0 fully saturated rings. The molecule has 0 aliphatic carbocycles. The fourth-order valence-corrected chi connectivity index (χ4v) is 3.10. The highest BCUT2D eigenvalue weighted by Gasteiger charge is 2.18. The minimum Gasteiger partial charge on any atom is -0.398 e. The van der Waals surface area contributed by atoms with Gasteiger partial charge in [-0.3, -0.25) is 4.72 Å². The molecule has 3 N–H and O–H groups in total. The lowest BCUT2D eigenvalue weighted by Gasteiger charge is -2.12. The van der Waals surface area contributed by atoms with Gasteiger partial charge in [-0.25, -0.2) is 12.8 Å². The SMILES string of the molecule is CC(C)c1cccc(NS(=O)(=O)c2ccc(F)cc2N)c1. The van der Waals surface area contributed by atoms with Gasteiger partial charge >= 0.3 is 0 Å². The lowest BCUT2D eigenvalue weighted by molar-refractivity contribution is 0.600. The minimum absolute atomic E-state index is 0.123. The van der Waals surface area contributed by atoms with Gasteiger partial charge in [0.25, 0.3) is 10.0 Å². The van der Waals surface area contributed by atoms with E-state index in [0.717, 1.165) is 23.8 Å². The number of anilines is 2. The molecule has 0 unspecified atom stereocenters. The lowest BCUT2D eigenvalue weighted by atomic mass is 10.0. The Hall–Kier alpha value is -2.08. The first-order chi connectivity index (χ1) is 9.79. The molecule has 0 bridgehead atoms. The van der Waals surface area contributed by atoms with Crippen LogP contribution in [0.25, 0.3) is 0 Å². The first-order valence-electron chi connectivity index (χ1n) is 6.47. The van der Waals surface area contributed by atoms with Crippen molar-refractivity contribution < 1.29 is 12.8 Å². The van der Waals surface area contributed by atoms with Crippen molar-refractivity contribution in [3.05, 3.63) is 53.8 Å². The summed E-state index contributed by atoms with van der Waals surface area (Å²) in [6.07, 6.45) is 0. The highest BCUT2D eigenvalue weighted by molar-refractivity contribution is 7.92. The molecule has 21 heavy (non-hydrogen) atoms. The van der Waals surface area contributed by atoms with E-state index in [0.29, 0.717) is 5.69 Å². The predicted octanol–water partition coefficient (Wildman–Crippen LogP) is 3.33. The number of rotatable bonds is 4. The Balaban J connectivity index is 2.35. The van der Waals surface area contributed by atoms with Crippen molar-refractivity contribution in [3.63, 3.8) is 0 Å². The maximum absolute atomic E-state index is 13.0. The van der Waals surface area contributed by atoms with Crippen LogP contribution in [0.2, 0.25) is 0 Å². The maximum Gasteiger partial charge on any atom is 0.263 e. The van der Waals surface area contributed by atoms with E-state index in [1.807, 2.05) is 19.9 Å². The molecule has 0 heterocycles. The van der Waals surface area contributed by atoms with Crippen molar-refractivity contribution in [3.8, 4) is 0 Å². The molecular formula is C15H17FN2O2S. The molecule has 6 heteroatoms. The summed E-state index contributed by atoms with van der Waals surface area (Å²) in [5.74, 6) is -0.293. The van der Waals surface area contributed by atoms with Crippen LogP contribution in [0.4, 0.5) is 15.8 Å². The number of nitrogens with one attached hydrogen (secondary N) is 1. The van der Waals surface area contributed by atoms with Crippen LogP contribution in [-0.2, 0) is 10.0 Å². The summed E-state index contributed by atoms with van der Waals surface area (Å²) in [5.41, 5.74) is 6.92. The molecule has 0 atom stereocenters. The standard InChI is InChI=1S/C15H17FN2O2S/c1-10(2)11-4-3-5-13(8-11)18-21(19,20)15-7-6-12(16)9-14(15)17/h3-10,18H,17H2,1-2H3. The van der Waals surface area contributed by atoms with E-state index in [4.69, 9.17) is 5.73 Å². The van der Waals surface area contributed by atoms with Gasteiger partial charge in [0.1, 0.15) is 10.7 Å². The number of sulfonamides is 1. The van der Waals surface area contributed by atoms with Gasteiger partial charge in [-0.1, -0.05) is 26.0 Å². The molecule has 0 saturated carbocycles. The van der Waals surface area contributed by atoms with Gasteiger partial charge in [-0.05, 0) is 41.8 Å². The summed E-state index contributed by atoms with van der Waals surface area (Å²) >= 11 is 0. The van der Waals surface area contributed by atoms with Gasteiger partial charge in [0.05, 0.1) is 5.69 Å². The molecule has 112 valence electrons. The second-order valence-electron chi connectivity index (χ2n) is 5.07. The number of nitrogen functional groups attached to an aromatic ring is 1. The predicted molar refractivity (Wildman–Crippen MR) is 82.2 cm³/mol. The Morgan fingerprint density at radius 2 is 1.86 bits per heavy atom. The summed E-state index contributed by atoms with van der Waals surface area (Å²) in [7, 11) is -3.84. The van der Waals surface area contributed by atoms with Crippen LogP contribution in [0.5, 0.6) is 0 Å². The zero-order valence-corrected chi connectivity index (χ0v) is 12.6. The normalized spacial score (nSPS) is 11.6. The van der Waals surface area contributed by atoms with Gasteiger partial charge in [-0.2, -0.15) is 0 Å². The molecule has 2 aromatic rings. The fraction of sp³-hybridized carbons (Fsp3) is 0.200. The van der Waals surface area contributed by atoms with Crippen LogP contribution in [0.1, 0.15) is 25.3 Å². The van der Waals surface area contributed by atoms with Crippen molar-refractivity contribution in [1.82, 2.24) is 0 Å². The summed E-state index contributed by atoms with van der Waals surface area (Å²) in [6, 6.07) is 10.3. The summed E-state index contributed by atoms with van der Waals surface area (Å²) < 4.78 is 40.1.